The summed E-state index contributed by atoms with van der Waals surface area (Å²) >= 11 is 4.92. The van der Waals surface area contributed by atoms with E-state index in [0.29, 0.717) is 6.54 Å². The van der Waals surface area contributed by atoms with Gasteiger partial charge in [-0.25, -0.2) is 0 Å². The standard InChI is InChI=1S/C11H9BrN2O2S/c12-8-3-5-17-9(8)6-14-11(16)7-2-1-4-13-10(7)15/h1-5H,6H2,(H,13,15)(H,14,16). The van der Waals surface area contributed by atoms with Crippen LogP contribution in [-0.4, -0.2) is 10.9 Å². The second-order valence-corrected chi connectivity index (χ2v) is 5.14. The molecule has 6 heteroatoms. The van der Waals surface area contributed by atoms with Crippen LogP contribution in [0.1, 0.15) is 15.2 Å². The Bertz CT molecular complexity index is 591. The summed E-state index contributed by atoms with van der Waals surface area (Å²) in [5.41, 5.74) is -0.254. The van der Waals surface area contributed by atoms with E-state index >= 15 is 0 Å². The van der Waals surface area contributed by atoms with Crippen LogP contribution in [0.2, 0.25) is 0 Å². The van der Waals surface area contributed by atoms with Gasteiger partial charge in [0.2, 0.25) is 0 Å². The molecular formula is C11H9BrN2O2S. The summed E-state index contributed by atoms with van der Waals surface area (Å²) in [5.74, 6) is -0.368. The number of rotatable bonds is 3. The molecule has 0 fully saturated rings. The van der Waals surface area contributed by atoms with E-state index in [-0.39, 0.29) is 17.0 Å². The molecule has 17 heavy (non-hydrogen) atoms. The van der Waals surface area contributed by atoms with E-state index in [0.717, 1.165) is 9.35 Å². The maximum Gasteiger partial charge on any atom is 0.260 e. The number of aromatic amines is 1. The first kappa shape index (κ1) is 12.1. The Morgan fingerprint density at radius 1 is 1.47 bits per heavy atom. The lowest BCUT2D eigenvalue weighted by molar-refractivity contribution is 0.0949. The fraction of sp³-hybridized carbons (Fsp3) is 0.0909. The highest BCUT2D eigenvalue weighted by Gasteiger charge is 2.10. The number of H-pyrrole nitrogens is 1. The van der Waals surface area contributed by atoms with Gasteiger partial charge in [-0.3, -0.25) is 9.59 Å². The lowest BCUT2D eigenvalue weighted by Gasteiger charge is -2.03. The van der Waals surface area contributed by atoms with Crippen molar-refractivity contribution in [2.75, 3.05) is 0 Å². The number of thiophene rings is 1. The van der Waals surface area contributed by atoms with Crippen LogP contribution in [0.4, 0.5) is 0 Å². The molecule has 4 nitrogen and oxygen atoms in total. The van der Waals surface area contributed by atoms with Crippen molar-refractivity contribution in [3.8, 4) is 0 Å². The molecule has 2 N–H and O–H groups in total. The molecule has 0 unspecified atom stereocenters. The normalized spacial score (nSPS) is 10.2. The molecule has 0 spiro atoms. The summed E-state index contributed by atoms with van der Waals surface area (Å²) in [7, 11) is 0. The third-order valence-corrected chi connectivity index (χ3v) is 4.09. The lowest BCUT2D eigenvalue weighted by Crippen LogP contribution is -2.28. The van der Waals surface area contributed by atoms with E-state index in [4.69, 9.17) is 0 Å². The van der Waals surface area contributed by atoms with Gasteiger partial charge in [0.1, 0.15) is 5.56 Å². The zero-order chi connectivity index (χ0) is 12.3. The van der Waals surface area contributed by atoms with Crippen molar-refractivity contribution in [1.82, 2.24) is 10.3 Å². The monoisotopic (exact) mass is 312 g/mol. The van der Waals surface area contributed by atoms with Crippen molar-refractivity contribution < 1.29 is 4.79 Å². The Morgan fingerprint density at radius 3 is 2.94 bits per heavy atom. The van der Waals surface area contributed by atoms with Gasteiger partial charge in [-0.2, -0.15) is 0 Å². The van der Waals surface area contributed by atoms with Gasteiger partial charge in [0.25, 0.3) is 11.5 Å². The second kappa shape index (κ2) is 5.29. The Hall–Kier alpha value is -1.40. The van der Waals surface area contributed by atoms with Crippen molar-refractivity contribution in [2.24, 2.45) is 0 Å². The molecule has 0 saturated heterocycles. The molecule has 0 aliphatic heterocycles. The molecule has 2 aromatic heterocycles. The number of pyridine rings is 1. The van der Waals surface area contributed by atoms with E-state index in [1.54, 1.807) is 17.4 Å². The van der Waals surface area contributed by atoms with Crippen molar-refractivity contribution in [2.45, 2.75) is 6.54 Å². The number of carbonyl (C=O) groups is 1. The van der Waals surface area contributed by atoms with Crippen molar-refractivity contribution >= 4 is 33.2 Å². The molecule has 2 aromatic rings. The van der Waals surface area contributed by atoms with E-state index in [9.17, 15) is 9.59 Å². The third kappa shape index (κ3) is 2.83. The zero-order valence-electron chi connectivity index (χ0n) is 8.70. The molecule has 2 rings (SSSR count). The van der Waals surface area contributed by atoms with Crippen LogP contribution in [0.3, 0.4) is 0 Å². The molecular weight excluding hydrogens is 304 g/mol. The van der Waals surface area contributed by atoms with Gasteiger partial charge < -0.3 is 10.3 Å². The van der Waals surface area contributed by atoms with Gasteiger partial charge in [-0.15, -0.1) is 11.3 Å². The van der Waals surface area contributed by atoms with Crippen LogP contribution >= 0.6 is 27.3 Å². The Labute approximate surface area is 110 Å². The fourth-order valence-corrected chi connectivity index (χ4v) is 2.74. The van der Waals surface area contributed by atoms with Crippen molar-refractivity contribution in [1.29, 1.82) is 0 Å². The Morgan fingerprint density at radius 2 is 2.29 bits per heavy atom. The topological polar surface area (TPSA) is 62.0 Å². The predicted octanol–water partition coefficient (Wildman–Crippen LogP) is 2.13. The van der Waals surface area contributed by atoms with Gasteiger partial charge in [-0.05, 0) is 39.5 Å². The van der Waals surface area contributed by atoms with Gasteiger partial charge in [0, 0.05) is 15.5 Å². The van der Waals surface area contributed by atoms with Gasteiger partial charge in [0.05, 0.1) is 6.54 Å². The summed E-state index contributed by atoms with van der Waals surface area (Å²) in [6, 6.07) is 5.04. The highest BCUT2D eigenvalue weighted by molar-refractivity contribution is 9.10. The van der Waals surface area contributed by atoms with E-state index in [1.807, 2.05) is 11.4 Å². The number of amides is 1. The minimum atomic E-state index is -0.379. The summed E-state index contributed by atoms with van der Waals surface area (Å²) in [4.78, 5) is 26.6. The molecule has 2 heterocycles. The van der Waals surface area contributed by atoms with Crippen LogP contribution < -0.4 is 10.9 Å². The molecule has 0 saturated carbocycles. The zero-order valence-corrected chi connectivity index (χ0v) is 11.1. The molecule has 0 aliphatic carbocycles. The Balaban J connectivity index is 2.06. The summed E-state index contributed by atoms with van der Waals surface area (Å²) in [6.45, 7) is 0.408. The third-order valence-electron chi connectivity index (χ3n) is 2.16. The van der Waals surface area contributed by atoms with Crippen LogP contribution in [0.25, 0.3) is 0 Å². The van der Waals surface area contributed by atoms with Gasteiger partial charge in [-0.1, -0.05) is 0 Å². The fourth-order valence-electron chi connectivity index (χ4n) is 1.31. The number of hydrogen-bond donors (Lipinski definition) is 2. The molecule has 1 amide bonds. The highest BCUT2D eigenvalue weighted by Crippen LogP contribution is 2.22. The van der Waals surface area contributed by atoms with Crippen LogP contribution in [0.5, 0.6) is 0 Å². The highest BCUT2D eigenvalue weighted by atomic mass is 79.9. The minimum Gasteiger partial charge on any atom is -0.347 e. The average Bonchev–Trinajstić information content (AvgIpc) is 2.72. The van der Waals surface area contributed by atoms with Gasteiger partial charge in [0.15, 0.2) is 0 Å². The smallest absolute Gasteiger partial charge is 0.260 e. The van der Waals surface area contributed by atoms with Crippen LogP contribution in [0, 0.1) is 0 Å². The maximum absolute atomic E-state index is 11.7. The number of carbonyl (C=O) groups excluding carboxylic acids is 1. The molecule has 0 aliphatic rings. The Kier molecular flexibility index (Phi) is 3.75. The average molecular weight is 313 g/mol. The van der Waals surface area contributed by atoms with Crippen LogP contribution in [0.15, 0.2) is 39.0 Å². The molecule has 0 radical (unpaired) electrons. The summed E-state index contributed by atoms with van der Waals surface area (Å²) in [6.07, 6.45) is 1.50. The first-order valence-corrected chi connectivity index (χ1v) is 6.53. The van der Waals surface area contributed by atoms with Crippen molar-refractivity contribution in [3.63, 3.8) is 0 Å². The summed E-state index contributed by atoms with van der Waals surface area (Å²) < 4.78 is 0.963. The molecule has 0 atom stereocenters. The first-order chi connectivity index (χ1) is 8.18. The van der Waals surface area contributed by atoms with Crippen LogP contribution in [-0.2, 0) is 6.54 Å². The minimum absolute atomic E-state index is 0.125. The number of hydrogen-bond acceptors (Lipinski definition) is 3. The number of nitrogens with one attached hydrogen (secondary N) is 2. The predicted molar refractivity (Wildman–Crippen MR) is 70.3 cm³/mol. The second-order valence-electron chi connectivity index (χ2n) is 3.29. The molecule has 0 bridgehead atoms. The SMILES string of the molecule is O=C(NCc1sccc1Br)c1ccc[nH]c1=O. The van der Waals surface area contributed by atoms with E-state index < -0.39 is 0 Å². The first-order valence-electron chi connectivity index (χ1n) is 4.86. The summed E-state index contributed by atoms with van der Waals surface area (Å²) in [5, 5.41) is 4.64. The van der Waals surface area contributed by atoms with E-state index in [1.165, 1.54) is 12.3 Å². The molecule has 0 aromatic carbocycles. The van der Waals surface area contributed by atoms with Crippen molar-refractivity contribution in [3.05, 3.63) is 55.0 Å². The quantitative estimate of drug-likeness (QED) is 0.912. The largest absolute Gasteiger partial charge is 0.347 e. The van der Waals surface area contributed by atoms with E-state index in [2.05, 4.69) is 26.2 Å². The van der Waals surface area contributed by atoms with Gasteiger partial charge >= 0.3 is 0 Å². The number of aromatic nitrogens is 1. The maximum atomic E-state index is 11.7. The number of halogens is 1. The lowest BCUT2D eigenvalue weighted by atomic mass is 10.2. The molecule has 88 valence electrons.